The molecule has 1 aliphatic rings. The molecule has 1 aromatic rings. The molecule has 1 heterocycles. The SMILES string of the molecule is COCc1cccc(C(=O)NC2CCN(C(=O)CC(C)C)CC2)c1. The van der Waals surface area contributed by atoms with Crippen molar-refractivity contribution < 1.29 is 14.3 Å². The number of amides is 2. The number of likely N-dealkylation sites (tertiary alicyclic amines) is 1. The molecule has 132 valence electrons. The number of rotatable bonds is 6. The Bertz CT molecular complexity index is 563. The van der Waals surface area contributed by atoms with Crippen LogP contribution in [0.15, 0.2) is 24.3 Å². The van der Waals surface area contributed by atoms with E-state index in [0.29, 0.717) is 24.5 Å². The molecule has 1 aliphatic heterocycles. The van der Waals surface area contributed by atoms with E-state index in [4.69, 9.17) is 4.74 Å². The van der Waals surface area contributed by atoms with Gasteiger partial charge in [0.05, 0.1) is 6.61 Å². The van der Waals surface area contributed by atoms with Crippen LogP contribution in [0.3, 0.4) is 0 Å². The van der Waals surface area contributed by atoms with E-state index in [0.717, 1.165) is 31.5 Å². The van der Waals surface area contributed by atoms with Gasteiger partial charge in [-0.1, -0.05) is 26.0 Å². The Morgan fingerprint density at radius 1 is 1.29 bits per heavy atom. The molecule has 0 atom stereocenters. The zero-order chi connectivity index (χ0) is 17.5. The van der Waals surface area contributed by atoms with Gasteiger partial charge in [0.1, 0.15) is 0 Å². The number of methoxy groups -OCH3 is 1. The lowest BCUT2D eigenvalue weighted by atomic mass is 10.0. The predicted octanol–water partition coefficient (Wildman–Crippen LogP) is 2.60. The van der Waals surface area contributed by atoms with Crippen molar-refractivity contribution in [3.63, 3.8) is 0 Å². The fourth-order valence-corrected chi connectivity index (χ4v) is 2.99. The summed E-state index contributed by atoms with van der Waals surface area (Å²) in [6, 6.07) is 7.62. The van der Waals surface area contributed by atoms with Crippen LogP contribution in [0.25, 0.3) is 0 Å². The molecule has 1 N–H and O–H groups in total. The fraction of sp³-hybridized carbons (Fsp3) is 0.579. The third-order valence-electron chi connectivity index (χ3n) is 4.27. The van der Waals surface area contributed by atoms with Gasteiger partial charge < -0.3 is 15.0 Å². The predicted molar refractivity (Wildman–Crippen MR) is 93.7 cm³/mol. The summed E-state index contributed by atoms with van der Waals surface area (Å²) >= 11 is 0. The van der Waals surface area contributed by atoms with Gasteiger partial charge in [-0.25, -0.2) is 0 Å². The zero-order valence-electron chi connectivity index (χ0n) is 14.9. The lowest BCUT2D eigenvalue weighted by molar-refractivity contribution is -0.133. The van der Waals surface area contributed by atoms with Crippen LogP contribution >= 0.6 is 0 Å². The van der Waals surface area contributed by atoms with Crippen molar-refractivity contribution in [2.24, 2.45) is 5.92 Å². The summed E-state index contributed by atoms with van der Waals surface area (Å²) in [7, 11) is 1.64. The highest BCUT2D eigenvalue weighted by Crippen LogP contribution is 2.15. The van der Waals surface area contributed by atoms with E-state index < -0.39 is 0 Å². The zero-order valence-corrected chi connectivity index (χ0v) is 14.9. The molecule has 0 bridgehead atoms. The number of ether oxygens (including phenoxy) is 1. The van der Waals surface area contributed by atoms with E-state index in [1.54, 1.807) is 7.11 Å². The molecule has 0 aromatic heterocycles. The van der Waals surface area contributed by atoms with Crippen molar-refractivity contribution in [2.45, 2.75) is 45.8 Å². The highest BCUT2D eigenvalue weighted by Gasteiger charge is 2.24. The molecule has 24 heavy (non-hydrogen) atoms. The van der Waals surface area contributed by atoms with Crippen molar-refractivity contribution in [3.05, 3.63) is 35.4 Å². The Kier molecular flexibility index (Phi) is 6.79. The van der Waals surface area contributed by atoms with Crippen LogP contribution in [0.5, 0.6) is 0 Å². The van der Waals surface area contributed by atoms with Crippen LogP contribution < -0.4 is 5.32 Å². The molecule has 5 nitrogen and oxygen atoms in total. The monoisotopic (exact) mass is 332 g/mol. The maximum atomic E-state index is 12.4. The maximum absolute atomic E-state index is 12.4. The number of benzene rings is 1. The number of nitrogens with one attached hydrogen (secondary N) is 1. The van der Waals surface area contributed by atoms with Crippen LogP contribution in [0.1, 0.15) is 49.0 Å². The van der Waals surface area contributed by atoms with Crippen molar-refractivity contribution in [1.82, 2.24) is 10.2 Å². The minimum Gasteiger partial charge on any atom is -0.380 e. The van der Waals surface area contributed by atoms with Gasteiger partial charge in [0, 0.05) is 38.2 Å². The molecule has 1 fully saturated rings. The molecular formula is C19H28N2O3. The largest absolute Gasteiger partial charge is 0.380 e. The number of piperidine rings is 1. The molecule has 0 radical (unpaired) electrons. The van der Waals surface area contributed by atoms with E-state index in [1.807, 2.05) is 29.2 Å². The van der Waals surface area contributed by atoms with Crippen LogP contribution in [0.4, 0.5) is 0 Å². The average molecular weight is 332 g/mol. The van der Waals surface area contributed by atoms with Gasteiger partial charge in [-0.3, -0.25) is 9.59 Å². The van der Waals surface area contributed by atoms with Gasteiger partial charge >= 0.3 is 0 Å². The Balaban J connectivity index is 1.84. The summed E-state index contributed by atoms with van der Waals surface area (Å²) in [5, 5.41) is 3.09. The number of nitrogens with zero attached hydrogens (tertiary/aromatic N) is 1. The average Bonchev–Trinajstić information content (AvgIpc) is 2.55. The minimum absolute atomic E-state index is 0.0556. The molecule has 0 aliphatic carbocycles. The van der Waals surface area contributed by atoms with Crippen LogP contribution in [-0.4, -0.2) is 43.0 Å². The van der Waals surface area contributed by atoms with E-state index in [1.165, 1.54) is 0 Å². The van der Waals surface area contributed by atoms with Gasteiger partial charge in [0.25, 0.3) is 5.91 Å². The number of carbonyl (C=O) groups is 2. The summed E-state index contributed by atoms with van der Waals surface area (Å²) in [5.74, 6) is 0.552. The molecular weight excluding hydrogens is 304 g/mol. The first-order valence-corrected chi connectivity index (χ1v) is 8.66. The van der Waals surface area contributed by atoms with Gasteiger partial charge in [-0.05, 0) is 36.5 Å². The van der Waals surface area contributed by atoms with Gasteiger partial charge in [0.2, 0.25) is 5.91 Å². The van der Waals surface area contributed by atoms with Gasteiger partial charge in [-0.15, -0.1) is 0 Å². The molecule has 1 saturated heterocycles. The molecule has 2 amide bonds. The first-order valence-electron chi connectivity index (χ1n) is 8.66. The summed E-state index contributed by atoms with van der Waals surface area (Å²) < 4.78 is 5.10. The van der Waals surface area contributed by atoms with Crippen molar-refractivity contribution >= 4 is 11.8 Å². The molecule has 0 saturated carbocycles. The topological polar surface area (TPSA) is 58.6 Å². The summed E-state index contributed by atoms with van der Waals surface area (Å²) in [5.41, 5.74) is 1.64. The quantitative estimate of drug-likeness (QED) is 0.871. The van der Waals surface area contributed by atoms with E-state index in [2.05, 4.69) is 19.2 Å². The number of carbonyl (C=O) groups excluding carboxylic acids is 2. The van der Waals surface area contributed by atoms with E-state index >= 15 is 0 Å². The standard InChI is InChI=1S/C19H28N2O3/c1-14(2)11-18(22)21-9-7-17(8-10-21)20-19(23)16-6-4-5-15(12-16)13-24-3/h4-6,12,14,17H,7-11,13H2,1-3H3,(H,20,23). The summed E-state index contributed by atoms with van der Waals surface area (Å²) in [6.45, 7) is 6.06. The fourth-order valence-electron chi connectivity index (χ4n) is 2.99. The van der Waals surface area contributed by atoms with Crippen molar-refractivity contribution in [2.75, 3.05) is 20.2 Å². The molecule has 0 spiro atoms. The minimum atomic E-state index is -0.0556. The molecule has 5 heteroatoms. The Morgan fingerprint density at radius 2 is 2.00 bits per heavy atom. The second kappa shape index (κ2) is 8.83. The first-order chi connectivity index (χ1) is 11.5. The second-order valence-electron chi connectivity index (χ2n) is 6.86. The molecule has 1 aromatic carbocycles. The first kappa shape index (κ1) is 18.5. The van der Waals surface area contributed by atoms with Crippen LogP contribution in [-0.2, 0) is 16.1 Å². The molecule has 0 unspecified atom stereocenters. The van der Waals surface area contributed by atoms with Gasteiger partial charge in [0.15, 0.2) is 0 Å². The maximum Gasteiger partial charge on any atom is 0.251 e. The molecule has 2 rings (SSSR count). The highest BCUT2D eigenvalue weighted by atomic mass is 16.5. The number of hydrogen-bond acceptors (Lipinski definition) is 3. The lowest BCUT2D eigenvalue weighted by Crippen LogP contribution is -2.46. The highest BCUT2D eigenvalue weighted by molar-refractivity contribution is 5.94. The Labute approximate surface area is 144 Å². The third kappa shape index (κ3) is 5.34. The number of hydrogen-bond donors (Lipinski definition) is 1. The normalized spacial score (nSPS) is 15.6. The van der Waals surface area contributed by atoms with Crippen molar-refractivity contribution in [3.8, 4) is 0 Å². The smallest absolute Gasteiger partial charge is 0.251 e. The third-order valence-corrected chi connectivity index (χ3v) is 4.27. The van der Waals surface area contributed by atoms with E-state index in [9.17, 15) is 9.59 Å². The summed E-state index contributed by atoms with van der Waals surface area (Å²) in [6.07, 6.45) is 2.23. The Morgan fingerprint density at radius 3 is 2.62 bits per heavy atom. The van der Waals surface area contributed by atoms with Crippen molar-refractivity contribution in [1.29, 1.82) is 0 Å². The van der Waals surface area contributed by atoms with Gasteiger partial charge in [-0.2, -0.15) is 0 Å². The Hall–Kier alpha value is -1.88. The van der Waals surface area contributed by atoms with Crippen LogP contribution in [0.2, 0.25) is 0 Å². The summed E-state index contributed by atoms with van der Waals surface area (Å²) in [4.78, 5) is 26.4. The van der Waals surface area contributed by atoms with E-state index in [-0.39, 0.29) is 17.9 Å². The lowest BCUT2D eigenvalue weighted by Gasteiger charge is -2.33. The van der Waals surface area contributed by atoms with Crippen LogP contribution in [0, 0.1) is 5.92 Å². The second-order valence-corrected chi connectivity index (χ2v) is 6.86.